The number of ether oxygens (including phenoxy) is 2. The second kappa shape index (κ2) is 8.08. The average molecular weight is 282 g/mol. The summed E-state index contributed by atoms with van der Waals surface area (Å²) < 4.78 is 10.3. The van der Waals surface area contributed by atoms with Crippen molar-refractivity contribution in [1.82, 2.24) is 0 Å². The molecule has 0 N–H and O–H groups in total. The zero-order valence-corrected chi connectivity index (χ0v) is 12.9. The van der Waals surface area contributed by atoms with Gasteiger partial charge in [-0.2, -0.15) is 0 Å². The number of esters is 2. The first-order valence-corrected chi connectivity index (χ1v) is 7.49. The molecule has 1 rings (SSSR count). The molecule has 0 aromatic heterocycles. The van der Waals surface area contributed by atoms with Crippen LogP contribution in [0.3, 0.4) is 0 Å². The van der Waals surface area contributed by atoms with E-state index < -0.39 is 11.9 Å². The summed E-state index contributed by atoms with van der Waals surface area (Å²) in [4.78, 5) is 22.9. The van der Waals surface area contributed by atoms with Crippen molar-refractivity contribution in [1.29, 1.82) is 0 Å². The van der Waals surface area contributed by atoms with Crippen LogP contribution in [0.5, 0.6) is 0 Å². The van der Waals surface area contributed by atoms with Crippen LogP contribution in [0.2, 0.25) is 0 Å². The molecule has 3 atom stereocenters. The Morgan fingerprint density at radius 1 is 1.20 bits per heavy atom. The molecule has 1 saturated carbocycles. The molecule has 20 heavy (non-hydrogen) atoms. The van der Waals surface area contributed by atoms with Crippen LogP contribution in [0.25, 0.3) is 0 Å². The van der Waals surface area contributed by atoms with Crippen LogP contribution >= 0.6 is 0 Å². The van der Waals surface area contributed by atoms with Crippen molar-refractivity contribution in [3.05, 3.63) is 12.2 Å². The molecular weight excluding hydrogens is 256 g/mol. The first-order valence-electron chi connectivity index (χ1n) is 7.49. The molecule has 0 aromatic carbocycles. The zero-order chi connectivity index (χ0) is 15.1. The van der Waals surface area contributed by atoms with Gasteiger partial charge in [0.2, 0.25) is 0 Å². The van der Waals surface area contributed by atoms with E-state index in [-0.39, 0.29) is 6.10 Å². The Hall–Kier alpha value is -1.32. The topological polar surface area (TPSA) is 52.6 Å². The number of hydrogen-bond donors (Lipinski definition) is 0. The molecule has 0 radical (unpaired) electrons. The summed E-state index contributed by atoms with van der Waals surface area (Å²) >= 11 is 0. The van der Waals surface area contributed by atoms with E-state index in [0.29, 0.717) is 24.4 Å². The lowest BCUT2D eigenvalue weighted by atomic mass is 9.75. The molecule has 1 fully saturated rings. The third-order valence-corrected chi connectivity index (χ3v) is 3.87. The van der Waals surface area contributed by atoms with Crippen molar-refractivity contribution < 1.29 is 19.1 Å². The first-order chi connectivity index (χ1) is 9.43. The molecule has 0 saturated heterocycles. The Balaban J connectivity index is 2.55. The van der Waals surface area contributed by atoms with Gasteiger partial charge >= 0.3 is 11.9 Å². The molecule has 0 bridgehead atoms. The normalized spacial score (nSPS) is 26.8. The molecule has 0 spiro atoms. The highest BCUT2D eigenvalue weighted by Gasteiger charge is 2.32. The highest BCUT2D eigenvalue weighted by Crippen LogP contribution is 2.35. The van der Waals surface area contributed by atoms with E-state index in [2.05, 4.69) is 20.8 Å². The van der Waals surface area contributed by atoms with Gasteiger partial charge in [0.1, 0.15) is 6.10 Å². The molecule has 0 amide bonds. The lowest BCUT2D eigenvalue weighted by Gasteiger charge is -2.36. The van der Waals surface area contributed by atoms with Crippen molar-refractivity contribution >= 4 is 11.9 Å². The van der Waals surface area contributed by atoms with Crippen LogP contribution in [-0.4, -0.2) is 24.6 Å². The van der Waals surface area contributed by atoms with E-state index in [4.69, 9.17) is 9.47 Å². The molecular formula is C16H26O4. The molecule has 114 valence electrons. The maximum Gasteiger partial charge on any atom is 0.331 e. The fourth-order valence-corrected chi connectivity index (χ4v) is 2.77. The number of hydrogen-bond acceptors (Lipinski definition) is 4. The second-order valence-electron chi connectivity index (χ2n) is 5.89. The van der Waals surface area contributed by atoms with E-state index in [1.807, 2.05) is 0 Å². The molecule has 4 heteroatoms. The minimum atomic E-state index is -0.512. The van der Waals surface area contributed by atoms with Gasteiger partial charge in [0, 0.05) is 12.2 Å². The lowest BCUT2D eigenvalue weighted by molar-refractivity contribution is -0.150. The average Bonchev–Trinajstić information content (AvgIpc) is 2.36. The summed E-state index contributed by atoms with van der Waals surface area (Å²) in [5, 5.41) is 0. The molecule has 1 aliphatic rings. The van der Waals surface area contributed by atoms with Gasteiger partial charge in [0.25, 0.3) is 0 Å². The predicted molar refractivity (Wildman–Crippen MR) is 77.0 cm³/mol. The third kappa shape index (κ3) is 5.35. The van der Waals surface area contributed by atoms with Crippen LogP contribution in [0.1, 0.15) is 47.0 Å². The number of carbonyl (C=O) groups excluding carboxylic acids is 2. The molecule has 4 nitrogen and oxygen atoms in total. The Kier molecular flexibility index (Phi) is 6.76. The van der Waals surface area contributed by atoms with Gasteiger partial charge in [0.05, 0.1) is 6.61 Å². The maximum absolute atomic E-state index is 11.8. The SMILES string of the molecule is CCOC(=O)/C=C/C(=O)OC1CC(C)CCC1C(C)C. The monoisotopic (exact) mass is 282 g/mol. The summed E-state index contributed by atoms with van der Waals surface area (Å²) in [7, 11) is 0. The van der Waals surface area contributed by atoms with Crippen LogP contribution in [0.4, 0.5) is 0 Å². The van der Waals surface area contributed by atoms with Crippen LogP contribution < -0.4 is 0 Å². The summed E-state index contributed by atoms with van der Waals surface area (Å²) in [5.41, 5.74) is 0. The minimum absolute atomic E-state index is 0.0434. The van der Waals surface area contributed by atoms with Crippen molar-refractivity contribution in [3.8, 4) is 0 Å². The van der Waals surface area contributed by atoms with E-state index in [0.717, 1.165) is 25.0 Å². The second-order valence-corrected chi connectivity index (χ2v) is 5.89. The number of carbonyl (C=O) groups is 2. The van der Waals surface area contributed by atoms with Crippen LogP contribution in [0.15, 0.2) is 12.2 Å². The Morgan fingerprint density at radius 3 is 2.45 bits per heavy atom. The summed E-state index contributed by atoms with van der Waals surface area (Å²) in [6.45, 7) is 8.53. The quantitative estimate of drug-likeness (QED) is 0.574. The summed E-state index contributed by atoms with van der Waals surface area (Å²) in [6.07, 6.45) is 5.44. The lowest BCUT2D eigenvalue weighted by Crippen LogP contribution is -2.35. The largest absolute Gasteiger partial charge is 0.463 e. The van der Waals surface area contributed by atoms with Gasteiger partial charge in [-0.3, -0.25) is 0 Å². The van der Waals surface area contributed by atoms with E-state index >= 15 is 0 Å². The van der Waals surface area contributed by atoms with Crippen LogP contribution in [-0.2, 0) is 19.1 Å². The van der Waals surface area contributed by atoms with E-state index in [1.54, 1.807) is 6.92 Å². The van der Waals surface area contributed by atoms with Gasteiger partial charge in [-0.25, -0.2) is 9.59 Å². The predicted octanol–water partition coefficient (Wildman–Crippen LogP) is 3.11. The fraction of sp³-hybridized carbons (Fsp3) is 0.750. The molecule has 0 heterocycles. The standard InChI is InChI=1S/C16H26O4/c1-5-19-15(17)8-9-16(18)20-14-10-12(4)6-7-13(14)11(2)3/h8-9,11-14H,5-7,10H2,1-4H3/b9-8+. The van der Waals surface area contributed by atoms with E-state index in [1.165, 1.54) is 6.42 Å². The molecule has 0 aliphatic heterocycles. The van der Waals surface area contributed by atoms with Gasteiger partial charge in [-0.05, 0) is 37.5 Å². The zero-order valence-electron chi connectivity index (χ0n) is 12.9. The number of rotatable bonds is 5. The molecule has 1 aliphatic carbocycles. The Bertz CT molecular complexity index is 359. The van der Waals surface area contributed by atoms with Crippen LogP contribution in [0, 0.1) is 17.8 Å². The Morgan fingerprint density at radius 2 is 1.85 bits per heavy atom. The Labute approximate surface area is 121 Å². The van der Waals surface area contributed by atoms with Gasteiger partial charge in [-0.15, -0.1) is 0 Å². The minimum Gasteiger partial charge on any atom is -0.463 e. The highest BCUT2D eigenvalue weighted by molar-refractivity contribution is 5.91. The summed E-state index contributed by atoms with van der Waals surface area (Å²) in [5.74, 6) is 0.516. The van der Waals surface area contributed by atoms with Crippen molar-refractivity contribution in [3.63, 3.8) is 0 Å². The van der Waals surface area contributed by atoms with Crippen molar-refractivity contribution in [2.45, 2.75) is 53.1 Å². The van der Waals surface area contributed by atoms with Gasteiger partial charge in [-0.1, -0.05) is 27.2 Å². The smallest absolute Gasteiger partial charge is 0.331 e. The van der Waals surface area contributed by atoms with Gasteiger partial charge in [0.15, 0.2) is 0 Å². The van der Waals surface area contributed by atoms with E-state index in [9.17, 15) is 9.59 Å². The maximum atomic E-state index is 11.8. The third-order valence-electron chi connectivity index (χ3n) is 3.87. The fourth-order valence-electron chi connectivity index (χ4n) is 2.77. The molecule has 3 unspecified atom stereocenters. The van der Waals surface area contributed by atoms with Crippen molar-refractivity contribution in [2.75, 3.05) is 6.61 Å². The van der Waals surface area contributed by atoms with Gasteiger partial charge < -0.3 is 9.47 Å². The summed E-state index contributed by atoms with van der Waals surface area (Å²) in [6, 6.07) is 0. The first kappa shape index (κ1) is 16.7. The highest BCUT2D eigenvalue weighted by atomic mass is 16.5. The molecule has 0 aromatic rings. The van der Waals surface area contributed by atoms with Crippen molar-refractivity contribution in [2.24, 2.45) is 17.8 Å².